The monoisotopic (exact) mass is 278 g/mol. The molecule has 1 amide bonds. The third-order valence-electron chi connectivity index (χ3n) is 3.56. The number of anilines is 1. The lowest BCUT2D eigenvalue weighted by Gasteiger charge is -2.34. The van der Waals surface area contributed by atoms with Crippen molar-refractivity contribution in [2.45, 2.75) is 19.8 Å². The van der Waals surface area contributed by atoms with E-state index in [0.29, 0.717) is 26.1 Å². The zero-order valence-electron chi connectivity index (χ0n) is 10.9. The Labute approximate surface area is 118 Å². The van der Waals surface area contributed by atoms with Crippen molar-refractivity contribution in [3.8, 4) is 0 Å². The number of carbonyl (C=O) groups excluding carboxylic acids is 1. The van der Waals surface area contributed by atoms with Crippen LogP contribution in [0.25, 0.3) is 0 Å². The minimum absolute atomic E-state index is 0.132. The SMILES string of the molecule is Cc1ccc(NC(=O)C2(C(N)=S)CCOCC2)cc1. The van der Waals surface area contributed by atoms with Crippen molar-refractivity contribution in [1.29, 1.82) is 0 Å². The van der Waals surface area contributed by atoms with E-state index in [4.69, 9.17) is 22.7 Å². The number of nitrogens with two attached hydrogens (primary N) is 1. The number of thiocarbonyl (C=S) groups is 1. The Hall–Kier alpha value is -1.46. The lowest BCUT2D eigenvalue weighted by molar-refractivity contribution is -0.126. The van der Waals surface area contributed by atoms with E-state index in [1.807, 2.05) is 31.2 Å². The molecule has 1 aliphatic rings. The van der Waals surface area contributed by atoms with Crippen LogP contribution in [-0.2, 0) is 9.53 Å². The Morgan fingerprint density at radius 2 is 1.89 bits per heavy atom. The molecule has 0 bridgehead atoms. The van der Waals surface area contributed by atoms with Crippen molar-refractivity contribution in [2.24, 2.45) is 11.1 Å². The van der Waals surface area contributed by atoms with Crippen LogP contribution in [0.15, 0.2) is 24.3 Å². The van der Waals surface area contributed by atoms with Gasteiger partial charge in [-0.3, -0.25) is 4.79 Å². The fourth-order valence-corrected chi connectivity index (χ4v) is 2.49. The Bertz CT molecular complexity index is 479. The van der Waals surface area contributed by atoms with Gasteiger partial charge < -0.3 is 15.8 Å². The molecular weight excluding hydrogens is 260 g/mol. The van der Waals surface area contributed by atoms with Gasteiger partial charge in [-0.1, -0.05) is 29.9 Å². The average Bonchev–Trinajstić information content (AvgIpc) is 2.42. The molecule has 2 rings (SSSR count). The molecule has 0 aliphatic carbocycles. The van der Waals surface area contributed by atoms with Crippen molar-refractivity contribution >= 4 is 28.8 Å². The minimum atomic E-state index is -0.779. The van der Waals surface area contributed by atoms with Gasteiger partial charge in [-0.05, 0) is 31.9 Å². The van der Waals surface area contributed by atoms with Gasteiger partial charge in [0, 0.05) is 18.9 Å². The second-order valence-corrected chi connectivity index (χ2v) is 5.32. The van der Waals surface area contributed by atoms with Crippen LogP contribution in [0.4, 0.5) is 5.69 Å². The lowest BCUT2D eigenvalue weighted by atomic mass is 9.79. The fourth-order valence-electron chi connectivity index (χ4n) is 2.19. The highest BCUT2D eigenvalue weighted by Gasteiger charge is 2.42. The number of ether oxygens (including phenoxy) is 1. The van der Waals surface area contributed by atoms with Gasteiger partial charge in [-0.15, -0.1) is 0 Å². The molecule has 0 atom stereocenters. The van der Waals surface area contributed by atoms with Crippen LogP contribution in [0.5, 0.6) is 0 Å². The number of carbonyl (C=O) groups is 1. The molecule has 1 heterocycles. The summed E-state index contributed by atoms with van der Waals surface area (Å²) in [5.41, 5.74) is 6.92. The second-order valence-electron chi connectivity index (χ2n) is 4.88. The molecule has 0 spiro atoms. The molecule has 5 heteroatoms. The number of rotatable bonds is 3. The molecule has 102 valence electrons. The smallest absolute Gasteiger partial charge is 0.237 e. The van der Waals surface area contributed by atoms with Crippen LogP contribution in [0.2, 0.25) is 0 Å². The molecule has 1 saturated heterocycles. The van der Waals surface area contributed by atoms with Gasteiger partial charge in [0.2, 0.25) is 5.91 Å². The molecule has 1 aromatic carbocycles. The first-order valence-electron chi connectivity index (χ1n) is 6.30. The zero-order chi connectivity index (χ0) is 13.9. The normalized spacial score (nSPS) is 17.7. The van der Waals surface area contributed by atoms with E-state index < -0.39 is 5.41 Å². The standard InChI is InChI=1S/C14H18N2O2S/c1-10-2-4-11(5-3-10)16-13(17)14(12(15)19)6-8-18-9-7-14/h2-5H,6-9H2,1H3,(H2,15,19)(H,16,17). The molecule has 0 saturated carbocycles. The van der Waals surface area contributed by atoms with Crippen molar-refractivity contribution in [3.05, 3.63) is 29.8 Å². The Morgan fingerprint density at radius 3 is 2.42 bits per heavy atom. The summed E-state index contributed by atoms with van der Waals surface area (Å²) in [5, 5.41) is 2.90. The summed E-state index contributed by atoms with van der Waals surface area (Å²) >= 11 is 5.10. The maximum Gasteiger partial charge on any atom is 0.237 e. The highest BCUT2D eigenvalue weighted by Crippen LogP contribution is 2.32. The van der Waals surface area contributed by atoms with Crippen molar-refractivity contribution in [3.63, 3.8) is 0 Å². The van der Waals surface area contributed by atoms with Crippen LogP contribution in [0, 0.1) is 12.3 Å². The summed E-state index contributed by atoms with van der Waals surface area (Å²) in [7, 11) is 0. The number of nitrogens with one attached hydrogen (secondary N) is 1. The highest BCUT2D eigenvalue weighted by atomic mass is 32.1. The van der Waals surface area contributed by atoms with Crippen molar-refractivity contribution in [2.75, 3.05) is 18.5 Å². The fraction of sp³-hybridized carbons (Fsp3) is 0.429. The number of hydrogen-bond donors (Lipinski definition) is 2. The van der Waals surface area contributed by atoms with E-state index >= 15 is 0 Å². The predicted molar refractivity (Wildman–Crippen MR) is 79.1 cm³/mol. The summed E-state index contributed by atoms with van der Waals surface area (Å²) in [5.74, 6) is -0.132. The maximum atomic E-state index is 12.5. The van der Waals surface area contributed by atoms with Crippen LogP contribution in [-0.4, -0.2) is 24.1 Å². The molecule has 1 aliphatic heterocycles. The lowest BCUT2D eigenvalue weighted by Crippen LogP contribution is -2.49. The largest absolute Gasteiger partial charge is 0.392 e. The van der Waals surface area contributed by atoms with E-state index in [0.717, 1.165) is 11.3 Å². The summed E-state index contributed by atoms with van der Waals surface area (Å²) < 4.78 is 5.30. The molecule has 0 unspecified atom stereocenters. The van der Waals surface area contributed by atoms with Gasteiger partial charge in [-0.25, -0.2) is 0 Å². The van der Waals surface area contributed by atoms with Gasteiger partial charge in [0.05, 0.1) is 4.99 Å². The molecular formula is C14H18N2O2S. The zero-order valence-corrected chi connectivity index (χ0v) is 11.8. The van der Waals surface area contributed by atoms with Gasteiger partial charge in [0.25, 0.3) is 0 Å². The molecule has 3 N–H and O–H groups in total. The van der Waals surface area contributed by atoms with Crippen LogP contribution < -0.4 is 11.1 Å². The first-order chi connectivity index (χ1) is 9.04. The van der Waals surface area contributed by atoms with Gasteiger partial charge in [-0.2, -0.15) is 0 Å². The quantitative estimate of drug-likeness (QED) is 0.830. The first-order valence-corrected chi connectivity index (χ1v) is 6.71. The third-order valence-corrected chi connectivity index (χ3v) is 3.95. The van der Waals surface area contributed by atoms with Crippen LogP contribution >= 0.6 is 12.2 Å². The number of hydrogen-bond acceptors (Lipinski definition) is 3. The highest BCUT2D eigenvalue weighted by molar-refractivity contribution is 7.80. The summed E-state index contributed by atoms with van der Waals surface area (Å²) in [6.45, 7) is 3.03. The second kappa shape index (κ2) is 5.67. The van der Waals surface area contributed by atoms with Crippen LogP contribution in [0.1, 0.15) is 18.4 Å². The maximum absolute atomic E-state index is 12.5. The summed E-state index contributed by atoms with van der Waals surface area (Å²) in [6.07, 6.45) is 1.08. The third kappa shape index (κ3) is 2.93. The summed E-state index contributed by atoms with van der Waals surface area (Å²) in [6, 6.07) is 7.65. The molecule has 0 radical (unpaired) electrons. The van der Waals surface area contributed by atoms with Gasteiger partial charge in [0.1, 0.15) is 5.41 Å². The van der Waals surface area contributed by atoms with E-state index in [2.05, 4.69) is 5.32 Å². The Balaban J connectivity index is 2.16. The van der Waals surface area contributed by atoms with Crippen molar-refractivity contribution in [1.82, 2.24) is 0 Å². The average molecular weight is 278 g/mol. The summed E-state index contributed by atoms with van der Waals surface area (Å²) in [4.78, 5) is 12.7. The molecule has 19 heavy (non-hydrogen) atoms. The Morgan fingerprint density at radius 1 is 1.32 bits per heavy atom. The van der Waals surface area contributed by atoms with E-state index in [1.165, 1.54) is 0 Å². The number of amides is 1. The first kappa shape index (κ1) is 14.0. The van der Waals surface area contributed by atoms with Gasteiger partial charge >= 0.3 is 0 Å². The molecule has 1 aromatic rings. The Kier molecular flexibility index (Phi) is 4.17. The van der Waals surface area contributed by atoms with Crippen molar-refractivity contribution < 1.29 is 9.53 Å². The number of aryl methyl sites for hydroxylation is 1. The van der Waals surface area contributed by atoms with Crippen LogP contribution in [0.3, 0.4) is 0 Å². The predicted octanol–water partition coefficient (Wildman–Crippen LogP) is 2.02. The van der Waals surface area contributed by atoms with E-state index in [-0.39, 0.29) is 10.9 Å². The topological polar surface area (TPSA) is 64.4 Å². The van der Waals surface area contributed by atoms with Gasteiger partial charge in [0.15, 0.2) is 0 Å². The number of benzene rings is 1. The van der Waals surface area contributed by atoms with E-state index in [1.54, 1.807) is 0 Å². The minimum Gasteiger partial charge on any atom is -0.392 e. The van der Waals surface area contributed by atoms with E-state index in [9.17, 15) is 4.79 Å². The molecule has 4 nitrogen and oxygen atoms in total. The molecule has 1 fully saturated rings. The molecule has 0 aromatic heterocycles.